The molecule has 3 rings (SSSR count). The number of hydrogen-bond donors (Lipinski definition) is 0. The van der Waals surface area contributed by atoms with E-state index in [1.165, 1.54) is 29.4 Å². The van der Waals surface area contributed by atoms with E-state index in [1.54, 1.807) is 0 Å². The Kier molecular flexibility index (Phi) is 4.42. The smallest absolute Gasteiger partial charge is 0.0890 e. The number of hydrogen-bond acceptors (Lipinski definition) is 2. The van der Waals surface area contributed by atoms with Gasteiger partial charge in [0.25, 0.3) is 0 Å². The second-order valence-corrected chi connectivity index (χ2v) is 5.78. The van der Waals surface area contributed by atoms with E-state index in [0.717, 1.165) is 11.9 Å². The molecule has 0 radical (unpaired) electrons. The predicted octanol–water partition coefficient (Wildman–Crippen LogP) is 4.91. The van der Waals surface area contributed by atoms with Crippen LogP contribution in [0.2, 0.25) is 0 Å². The van der Waals surface area contributed by atoms with Gasteiger partial charge in [-0.1, -0.05) is 41.0 Å². The summed E-state index contributed by atoms with van der Waals surface area (Å²) in [6, 6.07) is 2.17. The first-order valence-corrected chi connectivity index (χ1v) is 7.89. The topological polar surface area (TPSA) is 25.8 Å². The Morgan fingerprint density at radius 3 is 2.75 bits per heavy atom. The van der Waals surface area contributed by atoms with Gasteiger partial charge in [0.1, 0.15) is 0 Å². The molecule has 2 unspecified atom stereocenters. The minimum absolute atomic E-state index is 0.247. The van der Waals surface area contributed by atoms with Crippen LogP contribution in [0.4, 0.5) is 0 Å². The molecule has 20 heavy (non-hydrogen) atoms. The summed E-state index contributed by atoms with van der Waals surface area (Å²) < 4.78 is 0. The Balaban J connectivity index is 0.000000704. The quantitative estimate of drug-likeness (QED) is 0.775. The van der Waals surface area contributed by atoms with Crippen molar-refractivity contribution >= 4 is 10.9 Å². The highest BCUT2D eigenvalue weighted by molar-refractivity contribution is 5.86. The van der Waals surface area contributed by atoms with Crippen LogP contribution in [0.1, 0.15) is 58.6 Å². The lowest BCUT2D eigenvalue weighted by Crippen LogP contribution is -2.33. The molecular weight excluding hydrogens is 244 g/mol. The van der Waals surface area contributed by atoms with E-state index in [4.69, 9.17) is 0 Å². The van der Waals surface area contributed by atoms with E-state index in [9.17, 15) is 0 Å². The SMILES string of the molecule is CC.CCC(C)C1(C)CCc2ccnc3cncc1c23. The van der Waals surface area contributed by atoms with Crippen LogP contribution >= 0.6 is 0 Å². The van der Waals surface area contributed by atoms with E-state index in [-0.39, 0.29) is 5.41 Å². The molecule has 2 aromatic heterocycles. The number of rotatable bonds is 2. The van der Waals surface area contributed by atoms with Gasteiger partial charge in [-0.25, -0.2) is 0 Å². The molecule has 0 bridgehead atoms. The Hall–Kier alpha value is -1.44. The Morgan fingerprint density at radius 2 is 2.05 bits per heavy atom. The van der Waals surface area contributed by atoms with Gasteiger partial charge in [0.05, 0.1) is 11.7 Å². The average molecular weight is 270 g/mol. The van der Waals surface area contributed by atoms with Crippen molar-refractivity contribution in [3.63, 3.8) is 0 Å². The fraction of sp³-hybridized carbons (Fsp3) is 0.556. The van der Waals surface area contributed by atoms with Gasteiger partial charge in [-0.3, -0.25) is 9.97 Å². The van der Waals surface area contributed by atoms with E-state index in [1.807, 2.05) is 26.2 Å². The summed E-state index contributed by atoms with van der Waals surface area (Å²) in [5.41, 5.74) is 4.15. The number of nitrogens with zero attached hydrogens (tertiary/aromatic N) is 2. The Bertz CT molecular complexity index is 586. The molecule has 0 saturated carbocycles. The summed E-state index contributed by atoms with van der Waals surface area (Å²) in [5, 5.41) is 1.36. The summed E-state index contributed by atoms with van der Waals surface area (Å²) in [6.07, 6.45) is 9.47. The molecule has 2 heterocycles. The minimum Gasteiger partial charge on any atom is -0.262 e. The zero-order valence-electron chi connectivity index (χ0n) is 13.4. The van der Waals surface area contributed by atoms with Gasteiger partial charge in [0, 0.05) is 17.8 Å². The number of pyridine rings is 2. The van der Waals surface area contributed by atoms with Crippen LogP contribution in [0.15, 0.2) is 24.7 Å². The first kappa shape index (κ1) is 15.0. The average Bonchev–Trinajstić information content (AvgIpc) is 2.52. The van der Waals surface area contributed by atoms with E-state index < -0.39 is 0 Å². The van der Waals surface area contributed by atoms with E-state index in [0.29, 0.717) is 5.92 Å². The maximum absolute atomic E-state index is 4.47. The molecule has 1 aliphatic carbocycles. The maximum atomic E-state index is 4.47. The van der Waals surface area contributed by atoms with Crippen LogP contribution in [-0.4, -0.2) is 9.97 Å². The predicted molar refractivity (Wildman–Crippen MR) is 86.0 cm³/mol. The van der Waals surface area contributed by atoms with Gasteiger partial charge >= 0.3 is 0 Å². The van der Waals surface area contributed by atoms with Crippen LogP contribution in [0, 0.1) is 5.92 Å². The lowest BCUT2D eigenvalue weighted by atomic mass is 9.65. The summed E-state index contributed by atoms with van der Waals surface area (Å²) in [6.45, 7) is 11.0. The van der Waals surface area contributed by atoms with Gasteiger partial charge < -0.3 is 0 Å². The lowest BCUT2D eigenvalue weighted by Gasteiger charge is -2.40. The highest BCUT2D eigenvalue weighted by Crippen LogP contribution is 2.45. The molecule has 0 aliphatic heterocycles. The third-order valence-electron chi connectivity index (χ3n) is 4.97. The van der Waals surface area contributed by atoms with Crippen molar-refractivity contribution in [2.75, 3.05) is 0 Å². The molecule has 2 heteroatoms. The van der Waals surface area contributed by atoms with Gasteiger partial charge in [0.15, 0.2) is 0 Å². The maximum Gasteiger partial charge on any atom is 0.0890 e. The lowest BCUT2D eigenvalue weighted by molar-refractivity contribution is 0.282. The third kappa shape index (κ3) is 2.21. The van der Waals surface area contributed by atoms with Crippen LogP contribution in [-0.2, 0) is 11.8 Å². The second-order valence-electron chi connectivity index (χ2n) is 5.78. The fourth-order valence-corrected chi connectivity index (χ4v) is 3.31. The highest BCUT2D eigenvalue weighted by atomic mass is 14.7. The molecular formula is C18H26N2. The van der Waals surface area contributed by atoms with Crippen molar-refractivity contribution in [2.24, 2.45) is 5.92 Å². The van der Waals surface area contributed by atoms with Gasteiger partial charge in [-0.15, -0.1) is 0 Å². The first-order chi connectivity index (χ1) is 9.66. The Labute approximate surface area is 122 Å². The molecule has 108 valence electrons. The van der Waals surface area contributed by atoms with Crippen molar-refractivity contribution in [2.45, 2.75) is 59.3 Å². The normalized spacial score (nSPS) is 22.1. The zero-order chi connectivity index (χ0) is 14.8. The van der Waals surface area contributed by atoms with Crippen molar-refractivity contribution in [1.29, 1.82) is 0 Å². The van der Waals surface area contributed by atoms with Crippen molar-refractivity contribution in [3.05, 3.63) is 35.8 Å². The van der Waals surface area contributed by atoms with Crippen LogP contribution in [0.5, 0.6) is 0 Å². The molecule has 0 fully saturated rings. The summed E-state index contributed by atoms with van der Waals surface area (Å²) in [7, 11) is 0. The Morgan fingerprint density at radius 1 is 1.30 bits per heavy atom. The van der Waals surface area contributed by atoms with Gasteiger partial charge in [0.2, 0.25) is 0 Å². The van der Waals surface area contributed by atoms with Crippen LogP contribution in [0.25, 0.3) is 10.9 Å². The molecule has 0 amide bonds. The van der Waals surface area contributed by atoms with Crippen molar-refractivity contribution in [1.82, 2.24) is 9.97 Å². The minimum atomic E-state index is 0.247. The molecule has 0 N–H and O–H groups in total. The molecule has 2 aromatic rings. The third-order valence-corrected chi connectivity index (χ3v) is 4.97. The van der Waals surface area contributed by atoms with Gasteiger partial charge in [-0.05, 0) is 41.4 Å². The standard InChI is InChI=1S/C16H20N2.C2H6/c1-4-11(2)16(3)7-5-12-6-8-18-14-10-17-9-13(16)15(12)14;1-2/h6,8-11H,4-5,7H2,1-3H3;1-2H3. The number of aryl methyl sites for hydroxylation is 1. The first-order valence-electron chi connectivity index (χ1n) is 7.89. The molecule has 0 spiro atoms. The highest BCUT2D eigenvalue weighted by Gasteiger charge is 2.36. The summed E-state index contributed by atoms with van der Waals surface area (Å²) in [4.78, 5) is 8.88. The number of aromatic nitrogens is 2. The van der Waals surface area contributed by atoms with Crippen LogP contribution in [0.3, 0.4) is 0 Å². The van der Waals surface area contributed by atoms with Crippen LogP contribution < -0.4 is 0 Å². The molecule has 0 saturated heterocycles. The molecule has 2 nitrogen and oxygen atoms in total. The molecule has 0 aromatic carbocycles. The van der Waals surface area contributed by atoms with Crippen molar-refractivity contribution < 1.29 is 0 Å². The molecule has 2 atom stereocenters. The van der Waals surface area contributed by atoms with Crippen molar-refractivity contribution in [3.8, 4) is 0 Å². The van der Waals surface area contributed by atoms with E-state index in [2.05, 4.69) is 43.0 Å². The monoisotopic (exact) mass is 270 g/mol. The largest absolute Gasteiger partial charge is 0.262 e. The molecule has 1 aliphatic rings. The summed E-state index contributed by atoms with van der Waals surface area (Å²) >= 11 is 0. The van der Waals surface area contributed by atoms with E-state index >= 15 is 0 Å². The zero-order valence-corrected chi connectivity index (χ0v) is 13.4. The summed E-state index contributed by atoms with van der Waals surface area (Å²) in [5.74, 6) is 0.679. The second kappa shape index (κ2) is 5.90. The fourth-order valence-electron chi connectivity index (χ4n) is 3.31. The van der Waals surface area contributed by atoms with Gasteiger partial charge in [-0.2, -0.15) is 0 Å².